The van der Waals surface area contributed by atoms with Crippen molar-refractivity contribution in [1.82, 2.24) is 0 Å². The van der Waals surface area contributed by atoms with Crippen LogP contribution in [-0.2, 0) is 21.7 Å². The molecule has 0 amide bonds. The molecule has 0 saturated heterocycles. The Bertz CT molecular complexity index is 3450. The lowest BCUT2D eigenvalue weighted by atomic mass is 9.33. The van der Waals surface area contributed by atoms with Crippen molar-refractivity contribution in [3.05, 3.63) is 216 Å². The van der Waals surface area contributed by atoms with Gasteiger partial charge in [0.05, 0.1) is 0 Å². The molecule has 0 aromatic heterocycles. The van der Waals surface area contributed by atoms with E-state index in [2.05, 4.69) is 275 Å². The lowest BCUT2D eigenvalue weighted by Gasteiger charge is -2.44. The molecule has 7 heteroatoms. The molecule has 0 aliphatic carbocycles. The molecule has 0 bridgehead atoms. The van der Waals surface area contributed by atoms with E-state index in [1.54, 1.807) is 12.1 Å². The number of hydrogen-bond donors (Lipinski definition) is 0. The zero-order valence-corrected chi connectivity index (χ0v) is 47.0. The third-order valence-corrected chi connectivity index (χ3v) is 15.9. The standard InChI is InChI=1S/C71H68BF3N2O/c1-67(2,3)53-27-13-45(14-28-53)47-21-35-57(36-22-47)76-62-39-25-51(49-17-31-55(32-18-49)69(7,8)9)41-60(62)72-61-42-52(50-19-33-56(34-20-50)70(10,11)12)26-40-63(61)77(65-44-59(78-71(73,74)75)43-64(76)66(65)72)58-37-23-48(24-38-58)46-15-29-54(30-16-46)68(4,5)6/h13-44H,1-12H3. The second kappa shape index (κ2) is 19.0. The van der Waals surface area contributed by atoms with Crippen LogP contribution in [0.3, 0.4) is 0 Å². The Morgan fingerprint density at radius 3 is 0.833 bits per heavy atom. The number of ether oxygens (including phenoxy) is 1. The van der Waals surface area contributed by atoms with Crippen molar-refractivity contribution in [3.8, 4) is 50.3 Å². The first-order chi connectivity index (χ1) is 36.8. The van der Waals surface area contributed by atoms with Crippen LogP contribution in [0.5, 0.6) is 5.75 Å². The summed E-state index contributed by atoms with van der Waals surface area (Å²) >= 11 is 0. The molecule has 9 aromatic carbocycles. The Hall–Kier alpha value is -7.77. The predicted molar refractivity (Wildman–Crippen MR) is 324 cm³/mol. The number of alkyl halides is 3. The fraction of sp³-hybridized carbons (Fsp3) is 0.239. The summed E-state index contributed by atoms with van der Waals surface area (Å²) in [6, 6.07) is 68.2. The van der Waals surface area contributed by atoms with Gasteiger partial charge in [-0.3, -0.25) is 0 Å². The molecule has 0 N–H and O–H groups in total. The maximum atomic E-state index is 14.8. The van der Waals surface area contributed by atoms with Gasteiger partial charge in [0.2, 0.25) is 0 Å². The van der Waals surface area contributed by atoms with Gasteiger partial charge in [-0.15, -0.1) is 13.2 Å². The van der Waals surface area contributed by atoms with Crippen LogP contribution in [0.2, 0.25) is 0 Å². The Morgan fingerprint density at radius 2 is 0.564 bits per heavy atom. The van der Waals surface area contributed by atoms with Gasteiger partial charge in [0.25, 0.3) is 6.71 Å². The molecule has 0 spiro atoms. The molecule has 2 aliphatic heterocycles. The van der Waals surface area contributed by atoms with Gasteiger partial charge in [-0.25, -0.2) is 0 Å². The Kier molecular flexibility index (Phi) is 12.7. The Balaban J connectivity index is 1.15. The molecule has 2 heterocycles. The number of hydrogen-bond acceptors (Lipinski definition) is 3. The Labute approximate surface area is 460 Å². The van der Waals surface area contributed by atoms with Crippen LogP contribution in [-0.4, -0.2) is 13.1 Å². The molecule has 392 valence electrons. The monoisotopic (exact) mass is 1030 g/mol. The lowest BCUT2D eigenvalue weighted by Crippen LogP contribution is -2.61. The van der Waals surface area contributed by atoms with Crippen LogP contribution in [0, 0.1) is 0 Å². The molecule has 0 saturated carbocycles. The summed E-state index contributed by atoms with van der Waals surface area (Å²) < 4.78 is 49.3. The average molecular weight is 1030 g/mol. The minimum Gasteiger partial charge on any atom is -0.406 e. The minimum absolute atomic E-state index is 0.0128. The molecule has 0 fully saturated rings. The average Bonchev–Trinajstić information content (AvgIpc) is 3.42. The SMILES string of the molecule is CC(C)(C)c1ccc(-c2ccc(N3c4ccc(-c5ccc(C(C)(C)C)cc5)cc4B4c5cc(-c6ccc(C(C)(C)C)cc6)ccc5N(c5ccc(-c6ccc(C(C)(C)C)cc6)cc5)c5cc(OC(F)(F)F)cc3c54)cc2)cc1. The first kappa shape index (κ1) is 52.3. The third kappa shape index (κ3) is 10.0. The summed E-state index contributed by atoms with van der Waals surface area (Å²) in [6.45, 7) is 26.2. The molecule has 0 atom stereocenters. The molecule has 0 radical (unpaired) electrons. The summed E-state index contributed by atoms with van der Waals surface area (Å²) in [7, 11) is 0. The van der Waals surface area contributed by atoms with Crippen molar-refractivity contribution in [2.24, 2.45) is 0 Å². The quantitative estimate of drug-likeness (QED) is 0.148. The summed E-state index contributed by atoms with van der Waals surface area (Å²) in [5.74, 6) is -0.297. The van der Waals surface area contributed by atoms with Crippen LogP contribution in [0.4, 0.5) is 47.3 Å². The van der Waals surface area contributed by atoms with Gasteiger partial charge in [-0.1, -0.05) is 229 Å². The molecule has 11 rings (SSSR count). The summed E-state index contributed by atoms with van der Waals surface area (Å²) in [6.07, 6.45) is -4.95. The summed E-state index contributed by atoms with van der Waals surface area (Å²) in [4.78, 5) is 4.27. The van der Waals surface area contributed by atoms with E-state index in [1.165, 1.54) is 22.3 Å². The van der Waals surface area contributed by atoms with Crippen molar-refractivity contribution in [2.75, 3.05) is 9.80 Å². The van der Waals surface area contributed by atoms with E-state index in [9.17, 15) is 13.2 Å². The van der Waals surface area contributed by atoms with Crippen molar-refractivity contribution >= 4 is 57.2 Å². The highest BCUT2D eigenvalue weighted by molar-refractivity contribution is 7.00. The molecule has 9 aromatic rings. The van der Waals surface area contributed by atoms with Gasteiger partial charge in [0.1, 0.15) is 5.75 Å². The normalized spacial score (nSPS) is 13.5. The van der Waals surface area contributed by atoms with Crippen molar-refractivity contribution in [1.29, 1.82) is 0 Å². The molecule has 2 aliphatic rings. The van der Waals surface area contributed by atoms with Crippen LogP contribution in [0.15, 0.2) is 194 Å². The number of fused-ring (bicyclic) bond motifs is 4. The van der Waals surface area contributed by atoms with Crippen LogP contribution < -0.4 is 30.9 Å². The van der Waals surface area contributed by atoms with Gasteiger partial charge in [0.15, 0.2) is 0 Å². The largest absolute Gasteiger partial charge is 0.573 e. The number of rotatable bonds is 7. The zero-order chi connectivity index (χ0) is 55.3. The van der Waals surface area contributed by atoms with Crippen molar-refractivity contribution in [3.63, 3.8) is 0 Å². The predicted octanol–water partition coefficient (Wildman–Crippen LogP) is 18.5. The fourth-order valence-electron chi connectivity index (χ4n) is 11.3. The number of nitrogens with zero attached hydrogens (tertiary/aromatic N) is 2. The minimum atomic E-state index is -4.95. The molecule has 3 nitrogen and oxygen atoms in total. The molecule has 0 unspecified atom stereocenters. The lowest BCUT2D eigenvalue weighted by molar-refractivity contribution is -0.274. The van der Waals surface area contributed by atoms with E-state index in [-0.39, 0.29) is 27.4 Å². The highest BCUT2D eigenvalue weighted by Gasteiger charge is 2.45. The maximum absolute atomic E-state index is 14.8. The van der Waals surface area contributed by atoms with E-state index in [4.69, 9.17) is 4.74 Å². The van der Waals surface area contributed by atoms with Crippen molar-refractivity contribution in [2.45, 2.75) is 111 Å². The third-order valence-electron chi connectivity index (χ3n) is 15.9. The van der Waals surface area contributed by atoms with Gasteiger partial charge in [0, 0.05) is 46.3 Å². The second-order valence-corrected chi connectivity index (χ2v) is 25.5. The van der Waals surface area contributed by atoms with Crippen LogP contribution >= 0.6 is 0 Å². The first-order valence-electron chi connectivity index (χ1n) is 27.2. The van der Waals surface area contributed by atoms with E-state index in [0.29, 0.717) is 11.4 Å². The Morgan fingerprint density at radius 1 is 0.308 bits per heavy atom. The number of halogens is 3. The van der Waals surface area contributed by atoms with Gasteiger partial charge >= 0.3 is 6.36 Å². The van der Waals surface area contributed by atoms with E-state index >= 15 is 0 Å². The number of anilines is 6. The van der Waals surface area contributed by atoms with Gasteiger partial charge in [-0.2, -0.15) is 0 Å². The van der Waals surface area contributed by atoms with Gasteiger partial charge in [-0.05, 0) is 141 Å². The summed E-state index contributed by atoms with van der Waals surface area (Å²) in [5.41, 5.74) is 21.0. The molecule has 78 heavy (non-hydrogen) atoms. The highest BCUT2D eigenvalue weighted by atomic mass is 19.4. The zero-order valence-electron chi connectivity index (χ0n) is 47.0. The second-order valence-electron chi connectivity index (χ2n) is 25.5. The van der Waals surface area contributed by atoms with E-state index in [1.807, 2.05) is 0 Å². The topological polar surface area (TPSA) is 15.7 Å². The van der Waals surface area contributed by atoms with E-state index in [0.717, 1.165) is 83.6 Å². The smallest absolute Gasteiger partial charge is 0.406 e. The number of benzene rings is 9. The van der Waals surface area contributed by atoms with Crippen LogP contribution in [0.1, 0.15) is 105 Å². The fourth-order valence-corrected chi connectivity index (χ4v) is 11.3. The molecular weight excluding hydrogens is 965 g/mol. The van der Waals surface area contributed by atoms with Crippen molar-refractivity contribution < 1.29 is 17.9 Å². The summed E-state index contributed by atoms with van der Waals surface area (Å²) in [5, 5.41) is 0. The highest BCUT2D eigenvalue weighted by Crippen LogP contribution is 2.48. The van der Waals surface area contributed by atoms with E-state index < -0.39 is 13.1 Å². The first-order valence-corrected chi connectivity index (χ1v) is 27.2. The molecular formula is C71H68BF3N2O. The maximum Gasteiger partial charge on any atom is 0.573 e. The van der Waals surface area contributed by atoms with Crippen LogP contribution in [0.25, 0.3) is 44.5 Å². The van der Waals surface area contributed by atoms with Gasteiger partial charge < -0.3 is 14.5 Å².